The summed E-state index contributed by atoms with van der Waals surface area (Å²) in [5, 5.41) is 0. The Balaban J connectivity index is 3.28. The summed E-state index contributed by atoms with van der Waals surface area (Å²) in [5.41, 5.74) is 5.59. The minimum Gasteiger partial charge on any atom is -0.466 e. The van der Waals surface area contributed by atoms with Gasteiger partial charge in [-0.05, 0) is 52.4 Å². The summed E-state index contributed by atoms with van der Waals surface area (Å²) in [6.07, 6.45) is 18.1. The summed E-state index contributed by atoms with van der Waals surface area (Å²) in [6.45, 7) is 6.57. The number of rotatable bonds is 15. The van der Waals surface area contributed by atoms with Gasteiger partial charge in [0, 0.05) is 12.0 Å². The molecule has 2 N–H and O–H groups in total. The van der Waals surface area contributed by atoms with Crippen molar-refractivity contribution in [2.45, 2.75) is 103 Å². The number of hydrogen-bond acceptors (Lipinski definition) is 3. The molecule has 0 saturated carbocycles. The van der Waals surface area contributed by atoms with Gasteiger partial charge in [-0.1, -0.05) is 51.2 Å². The molecule has 0 aliphatic carbocycles. The Morgan fingerprint density at radius 2 is 1.52 bits per heavy atom. The van der Waals surface area contributed by atoms with E-state index in [0.29, 0.717) is 19.4 Å². The predicted molar refractivity (Wildman–Crippen MR) is 99.4 cm³/mol. The molecule has 0 saturated heterocycles. The Morgan fingerprint density at radius 1 is 0.957 bits per heavy atom. The molecule has 0 bridgehead atoms. The number of carbonyl (C=O) groups is 1. The molecule has 0 spiro atoms. The average molecular weight is 326 g/mol. The van der Waals surface area contributed by atoms with Gasteiger partial charge in [0.05, 0.1) is 6.61 Å². The van der Waals surface area contributed by atoms with E-state index in [1.165, 1.54) is 51.4 Å². The summed E-state index contributed by atoms with van der Waals surface area (Å²) in [4.78, 5) is 11.5. The molecule has 0 unspecified atom stereocenters. The molecular formula is C20H39NO2. The first-order valence-corrected chi connectivity index (χ1v) is 9.55. The number of ether oxygens (including phenoxy) is 1. The minimum absolute atomic E-state index is 0.0794. The third kappa shape index (κ3) is 19.1. The first-order chi connectivity index (χ1) is 11.0. The van der Waals surface area contributed by atoms with Gasteiger partial charge in [0.15, 0.2) is 0 Å². The summed E-state index contributed by atoms with van der Waals surface area (Å²) in [7, 11) is 0. The minimum atomic E-state index is -0.259. The Kier molecular flexibility index (Phi) is 14.2. The van der Waals surface area contributed by atoms with Crippen molar-refractivity contribution < 1.29 is 9.53 Å². The van der Waals surface area contributed by atoms with Crippen LogP contribution in [0.3, 0.4) is 0 Å². The Hall–Kier alpha value is -0.830. The van der Waals surface area contributed by atoms with Gasteiger partial charge < -0.3 is 10.5 Å². The molecule has 0 rings (SSSR count). The fraction of sp³-hybridized carbons (Fsp3) is 0.850. The Morgan fingerprint density at radius 3 is 2.13 bits per heavy atom. The molecule has 0 fully saturated rings. The lowest BCUT2D eigenvalue weighted by atomic mass is 10.0. The number of esters is 1. The highest BCUT2D eigenvalue weighted by Crippen LogP contribution is 2.10. The van der Waals surface area contributed by atoms with Crippen LogP contribution in [0, 0.1) is 0 Å². The lowest BCUT2D eigenvalue weighted by Gasteiger charge is -2.17. The fourth-order valence-electron chi connectivity index (χ4n) is 2.31. The van der Waals surface area contributed by atoms with Gasteiger partial charge in [-0.15, -0.1) is 0 Å². The Bertz CT molecular complexity index is 305. The van der Waals surface area contributed by atoms with Gasteiger partial charge in [-0.25, -0.2) is 0 Å². The third-order valence-corrected chi connectivity index (χ3v) is 3.90. The van der Waals surface area contributed by atoms with Crippen molar-refractivity contribution in [1.29, 1.82) is 0 Å². The van der Waals surface area contributed by atoms with Crippen LogP contribution in [0.15, 0.2) is 12.2 Å². The quantitative estimate of drug-likeness (QED) is 0.245. The first kappa shape index (κ1) is 22.2. The topological polar surface area (TPSA) is 52.3 Å². The van der Waals surface area contributed by atoms with Crippen LogP contribution in [0.2, 0.25) is 0 Å². The van der Waals surface area contributed by atoms with Gasteiger partial charge in [0.25, 0.3) is 0 Å². The van der Waals surface area contributed by atoms with Crippen molar-refractivity contribution in [2.24, 2.45) is 5.73 Å². The van der Waals surface area contributed by atoms with Crippen molar-refractivity contribution >= 4 is 5.97 Å². The second-order valence-electron chi connectivity index (χ2n) is 7.23. The van der Waals surface area contributed by atoms with Crippen molar-refractivity contribution in [2.75, 3.05) is 6.61 Å². The number of unbranched alkanes of at least 4 members (excludes halogenated alkanes) is 8. The van der Waals surface area contributed by atoms with Crippen LogP contribution in [0.25, 0.3) is 0 Å². The predicted octanol–water partition coefficient (Wildman–Crippen LogP) is 5.52. The van der Waals surface area contributed by atoms with Crippen LogP contribution in [0.1, 0.15) is 97.8 Å². The van der Waals surface area contributed by atoms with Crippen LogP contribution < -0.4 is 5.73 Å². The standard InChI is InChI=1S/C20H39NO2/c1-4-5-6-7-8-9-10-11-12-13-14-15-16-19(22)23-18-17-20(2,3)21/h8-9H,4-7,10-18,21H2,1-3H3. The summed E-state index contributed by atoms with van der Waals surface area (Å²) in [6, 6.07) is 0. The van der Waals surface area contributed by atoms with Gasteiger partial charge in [0.2, 0.25) is 0 Å². The van der Waals surface area contributed by atoms with Gasteiger partial charge in [-0.2, -0.15) is 0 Å². The van der Waals surface area contributed by atoms with E-state index in [2.05, 4.69) is 19.1 Å². The smallest absolute Gasteiger partial charge is 0.305 e. The van der Waals surface area contributed by atoms with Crippen LogP contribution in [0.4, 0.5) is 0 Å². The van der Waals surface area contributed by atoms with E-state index in [1.807, 2.05) is 13.8 Å². The van der Waals surface area contributed by atoms with E-state index in [1.54, 1.807) is 0 Å². The van der Waals surface area contributed by atoms with Crippen LogP contribution in [-0.2, 0) is 9.53 Å². The zero-order chi connectivity index (χ0) is 17.4. The van der Waals surface area contributed by atoms with E-state index in [4.69, 9.17) is 10.5 Å². The maximum atomic E-state index is 11.5. The van der Waals surface area contributed by atoms with Crippen molar-refractivity contribution in [1.82, 2.24) is 0 Å². The molecule has 136 valence electrons. The summed E-state index contributed by atoms with van der Waals surface area (Å²) in [5.74, 6) is -0.0794. The van der Waals surface area contributed by atoms with E-state index in [-0.39, 0.29) is 11.5 Å². The number of allylic oxidation sites excluding steroid dienone is 2. The molecule has 0 aliphatic heterocycles. The van der Waals surface area contributed by atoms with Gasteiger partial charge in [-0.3, -0.25) is 4.79 Å². The van der Waals surface area contributed by atoms with E-state index < -0.39 is 0 Å². The second-order valence-corrected chi connectivity index (χ2v) is 7.23. The number of nitrogens with two attached hydrogens (primary N) is 1. The fourth-order valence-corrected chi connectivity index (χ4v) is 2.31. The second kappa shape index (κ2) is 14.7. The zero-order valence-corrected chi connectivity index (χ0v) is 15.7. The normalized spacial score (nSPS) is 12.0. The lowest BCUT2D eigenvalue weighted by Crippen LogP contribution is -2.33. The highest BCUT2D eigenvalue weighted by Gasteiger charge is 2.11. The molecule has 0 atom stereocenters. The van der Waals surface area contributed by atoms with Crippen molar-refractivity contribution in [3.05, 3.63) is 12.2 Å². The summed E-state index contributed by atoms with van der Waals surface area (Å²) < 4.78 is 5.19. The molecule has 0 aliphatic rings. The highest BCUT2D eigenvalue weighted by molar-refractivity contribution is 5.69. The largest absolute Gasteiger partial charge is 0.466 e. The Labute approximate surface area is 144 Å². The molecule has 23 heavy (non-hydrogen) atoms. The third-order valence-electron chi connectivity index (χ3n) is 3.90. The molecule has 0 heterocycles. The molecule has 3 nitrogen and oxygen atoms in total. The maximum absolute atomic E-state index is 11.5. The van der Waals surface area contributed by atoms with Gasteiger partial charge >= 0.3 is 5.97 Å². The van der Waals surface area contributed by atoms with E-state index >= 15 is 0 Å². The zero-order valence-electron chi connectivity index (χ0n) is 15.7. The summed E-state index contributed by atoms with van der Waals surface area (Å²) >= 11 is 0. The lowest BCUT2D eigenvalue weighted by molar-refractivity contribution is -0.144. The molecular weight excluding hydrogens is 286 g/mol. The van der Waals surface area contributed by atoms with Crippen LogP contribution >= 0.6 is 0 Å². The monoisotopic (exact) mass is 325 g/mol. The SMILES string of the molecule is CCCCCC=CCCCCCCCC(=O)OCCC(C)(C)N. The highest BCUT2D eigenvalue weighted by atomic mass is 16.5. The van der Waals surface area contributed by atoms with E-state index in [9.17, 15) is 4.79 Å². The molecule has 0 amide bonds. The molecule has 0 aromatic carbocycles. The van der Waals surface area contributed by atoms with Crippen molar-refractivity contribution in [3.63, 3.8) is 0 Å². The van der Waals surface area contributed by atoms with Crippen molar-refractivity contribution in [3.8, 4) is 0 Å². The van der Waals surface area contributed by atoms with Crippen LogP contribution in [0.5, 0.6) is 0 Å². The molecule has 0 radical (unpaired) electrons. The number of carbonyl (C=O) groups excluding carboxylic acids is 1. The van der Waals surface area contributed by atoms with E-state index in [0.717, 1.165) is 12.8 Å². The average Bonchev–Trinajstić information content (AvgIpc) is 2.47. The van der Waals surface area contributed by atoms with Crippen LogP contribution in [-0.4, -0.2) is 18.1 Å². The molecule has 3 heteroatoms. The molecule has 0 aromatic rings. The number of hydrogen-bond donors (Lipinski definition) is 1. The first-order valence-electron chi connectivity index (χ1n) is 9.55. The maximum Gasteiger partial charge on any atom is 0.305 e. The van der Waals surface area contributed by atoms with Gasteiger partial charge in [0.1, 0.15) is 0 Å². The molecule has 0 aromatic heterocycles.